The number of hydrogen-bond acceptors (Lipinski definition) is 4. The van der Waals surface area contributed by atoms with Crippen molar-refractivity contribution >= 4 is 35.0 Å². The van der Waals surface area contributed by atoms with Crippen molar-refractivity contribution in [1.82, 2.24) is 0 Å². The van der Waals surface area contributed by atoms with Crippen LogP contribution in [-0.4, -0.2) is 24.7 Å². The number of anilines is 2. The number of ether oxygens (including phenoxy) is 1. The van der Waals surface area contributed by atoms with E-state index in [1.165, 1.54) is 0 Å². The Balaban J connectivity index is 1.56. The van der Waals surface area contributed by atoms with Crippen LogP contribution in [0, 0.1) is 5.92 Å². The standard InChI is InChI=1S/C21H22N2O3S/c1-26-18-10-8-17(9-11-18)23-19(24)13-27-21(23)15-6-3-7-16(12-15)22-20(25)14-4-2-5-14/h3,6-12,14,21H,2,4-5,13H2,1H3,(H,22,25)/t21-/m0/s1. The van der Waals surface area contributed by atoms with Gasteiger partial charge in [0.25, 0.3) is 0 Å². The molecule has 1 N–H and O–H groups in total. The summed E-state index contributed by atoms with van der Waals surface area (Å²) in [5.74, 6) is 1.52. The second-order valence-electron chi connectivity index (χ2n) is 6.87. The molecule has 1 aliphatic heterocycles. The van der Waals surface area contributed by atoms with Gasteiger partial charge in [0.15, 0.2) is 0 Å². The molecular formula is C21H22N2O3S. The molecule has 6 heteroatoms. The summed E-state index contributed by atoms with van der Waals surface area (Å²) < 4.78 is 5.21. The Labute approximate surface area is 163 Å². The number of carbonyl (C=O) groups is 2. The lowest BCUT2D eigenvalue weighted by molar-refractivity contribution is -0.122. The molecule has 2 aromatic carbocycles. The molecular weight excluding hydrogens is 360 g/mol. The van der Waals surface area contributed by atoms with E-state index in [1.807, 2.05) is 53.4 Å². The zero-order valence-electron chi connectivity index (χ0n) is 15.2. The predicted octanol–water partition coefficient (Wildman–Crippen LogP) is 4.21. The van der Waals surface area contributed by atoms with E-state index in [1.54, 1.807) is 18.9 Å². The number of nitrogens with one attached hydrogen (secondary N) is 1. The Morgan fingerprint density at radius 2 is 1.96 bits per heavy atom. The predicted molar refractivity (Wildman–Crippen MR) is 108 cm³/mol. The lowest BCUT2D eigenvalue weighted by Gasteiger charge is -2.26. The van der Waals surface area contributed by atoms with Gasteiger partial charge in [-0.05, 0) is 54.8 Å². The SMILES string of the molecule is COc1ccc(N2C(=O)CS[C@H]2c2cccc(NC(=O)C3CCC3)c2)cc1. The monoisotopic (exact) mass is 382 g/mol. The fraction of sp³-hybridized carbons (Fsp3) is 0.333. The average molecular weight is 382 g/mol. The lowest BCUT2D eigenvalue weighted by atomic mass is 9.85. The van der Waals surface area contributed by atoms with Gasteiger partial charge >= 0.3 is 0 Å². The molecule has 0 spiro atoms. The zero-order valence-corrected chi connectivity index (χ0v) is 16.0. The summed E-state index contributed by atoms with van der Waals surface area (Å²) in [4.78, 5) is 26.6. The van der Waals surface area contributed by atoms with Crippen molar-refractivity contribution in [3.05, 3.63) is 54.1 Å². The molecule has 1 atom stereocenters. The molecule has 0 unspecified atom stereocenters. The molecule has 2 aliphatic rings. The van der Waals surface area contributed by atoms with E-state index in [2.05, 4.69) is 5.32 Å². The molecule has 27 heavy (non-hydrogen) atoms. The minimum absolute atomic E-state index is 0.0825. The summed E-state index contributed by atoms with van der Waals surface area (Å²) in [5.41, 5.74) is 2.65. The molecule has 2 amide bonds. The summed E-state index contributed by atoms with van der Waals surface area (Å²) in [6, 6.07) is 15.3. The van der Waals surface area contributed by atoms with E-state index in [9.17, 15) is 9.59 Å². The number of amides is 2. The topological polar surface area (TPSA) is 58.6 Å². The molecule has 0 radical (unpaired) electrons. The van der Waals surface area contributed by atoms with Crippen LogP contribution in [0.25, 0.3) is 0 Å². The molecule has 1 saturated carbocycles. The van der Waals surface area contributed by atoms with Crippen molar-refractivity contribution in [2.45, 2.75) is 24.6 Å². The molecule has 2 aromatic rings. The zero-order chi connectivity index (χ0) is 18.8. The van der Waals surface area contributed by atoms with Gasteiger partial charge in [-0.2, -0.15) is 0 Å². The molecule has 2 fully saturated rings. The number of hydrogen-bond donors (Lipinski definition) is 1. The third kappa shape index (κ3) is 3.67. The number of benzene rings is 2. The fourth-order valence-corrected chi connectivity index (χ4v) is 4.54. The molecule has 1 saturated heterocycles. The maximum absolute atomic E-state index is 12.5. The van der Waals surface area contributed by atoms with Gasteiger partial charge in [0, 0.05) is 17.3 Å². The number of thioether (sulfide) groups is 1. The summed E-state index contributed by atoms with van der Waals surface area (Å²) in [7, 11) is 1.62. The van der Waals surface area contributed by atoms with Gasteiger partial charge in [-0.15, -0.1) is 11.8 Å². The smallest absolute Gasteiger partial charge is 0.238 e. The van der Waals surface area contributed by atoms with E-state index in [0.29, 0.717) is 5.75 Å². The van der Waals surface area contributed by atoms with Crippen LogP contribution >= 0.6 is 11.8 Å². The molecule has 1 heterocycles. The fourth-order valence-electron chi connectivity index (χ4n) is 3.38. The van der Waals surface area contributed by atoms with Crippen LogP contribution in [0.5, 0.6) is 5.75 Å². The van der Waals surface area contributed by atoms with E-state index in [0.717, 1.165) is 42.0 Å². The molecule has 0 bridgehead atoms. The van der Waals surface area contributed by atoms with Crippen LogP contribution in [0.2, 0.25) is 0 Å². The maximum Gasteiger partial charge on any atom is 0.238 e. The highest BCUT2D eigenvalue weighted by molar-refractivity contribution is 8.00. The van der Waals surface area contributed by atoms with Crippen molar-refractivity contribution in [2.24, 2.45) is 5.92 Å². The first kappa shape index (κ1) is 17.9. The molecule has 1 aliphatic carbocycles. The van der Waals surface area contributed by atoms with Gasteiger partial charge in [-0.3, -0.25) is 14.5 Å². The van der Waals surface area contributed by atoms with E-state index >= 15 is 0 Å². The summed E-state index contributed by atoms with van der Waals surface area (Å²) in [6.07, 6.45) is 3.09. The van der Waals surface area contributed by atoms with Gasteiger partial charge < -0.3 is 10.1 Å². The van der Waals surface area contributed by atoms with Crippen LogP contribution in [0.4, 0.5) is 11.4 Å². The second-order valence-corrected chi connectivity index (χ2v) is 7.94. The van der Waals surface area contributed by atoms with Gasteiger partial charge in [0.05, 0.1) is 12.9 Å². The Hall–Kier alpha value is -2.47. The largest absolute Gasteiger partial charge is 0.497 e. The Kier molecular flexibility index (Phi) is 5.07. The van der Waals surface area contributed by atoms with Crippen LogP contribution in [-0.2, 0) is 9.59 Å². The highest BCUT2D eigenvalue weighted by atomic mass is 32.2. The van der Waals surface area contributed by atoms with Gasteiger partial charge in [0.2, 0.25) is 11.8 Å². The first-order valence-electron chi connectivity index (χ1n) is 9.14. The number of methoxy groups -OCH3 is 1. The minimum Gasteiger partial charge on any atom is -0.497 e. The maximum atomic E-state index is 12.5. The summed E-state index contributed by atoms with van der Waals surface area (Å²) in [5, 5.41) is 2.92. The molecule has 5 nitrogen and oxygen atoms in total. The van der Waals surface area contributed by atoms with Gasteiger partial charge in [-0.25, -0.2) is 0 Å². The first-order valence-corrected chi connectivity index (χ1v) is 10.2. The van der Waals surface area contributed by atoms with Crippen LogP contribution in [0.3, 0.4) is 0 Å². The van der Waals surface area contributed by atoms with Crippen LogP contribution in [0.15, 0.2) is 48.5 Å². The van der Waals surface area contributed by atoms with Crippen molar-refractivity contribution in [2.75, 3.05) is 23.1 Å². The van der Waals surface area contributed by atoms with E-state index in [-0.39, 0.29) is 23.1 Å². The molecule has 4 rings (SSSR count). The minimum atomic E-state index is -0.105. The first-order chi connectivity index (χ1) is 13.2. The molecule has 140 valence electrons. The number of carbonyl (C=O) groups excluding carboxylic acids is 2. The average Bonchev–Trinajstić information content (AvgIpc) is 3.02. The number of rotatable bonds is 5. The lowest BCUT2D eigenvalue weighted by Crippen LogP contribution is -2.29. The Morgan fingerprint density at radius 3 is 2.63 bits per heavy atom. The van der Waals surface area contributed by atoms with Gasteiger partial charge in [0.1, 0.15) is 11.1 Å². The van der Waals surface area contributed by atoms with Crippen molar-refractivity contribution in [1.29, 1.82) is 0 Å². The van der Waals surface area contributed by atoms with Gasteiger partial charge in [-0.1, -0.05) is 18.6 Å². The highest BCUT2D eigenvalue weighted by Crippen LogP contribution is 2.42. The normalized spacial score (nSPS) is 19.7. The van der Waals surface area contributed by atoms with Crippen molar-refractivity contribution < 1.29 is 14.3 Å². The summed E-state index contributed by atoms with van der Waals surface area (Å²) in [6.45, 7) is 0. The summed E-state index contributed by atoms with van der Waals surface area (Å²) >= 11 is 1.60. The number of nitrogens with zero attached hydrogens (tertiary/aromatic N) is 1. The highest BCUT2D eigenvalue weighted by Gasteiger charge is 2.34. The Bertz CT molecular complexity index is 849. The Morgan fingerprint density at radius 1 is 1.19 bits per heavy atom. The van der Waals surface area contributed by atoms with Crippen LogP contribution < -0.4 is 15.0 Å². The second kappa shape index (κ2) is 7.64. The van der Waals surface area contributed by atoms with E-state index in [4.69, 9.17) is 4.74 Å². The van der Waals surface area contributed by atoms with E-state index < -0.39 is 0 Å². The molecule has 0 aromatic heterocycles. The third-order valence-electron chi connectivity index (χ3n) is 5.13. The van der Waals surface area contributed by atoms with Crippen LogP contribution in [0.1, 0.15) is 30.2 Å². The van der Waals surface area contributed by atoms with Crippen molar-refractivity contribution in [3.63, 3.8) is 0 Å². The quantitative estimate of drug-likeness (QED) is 0.841. The third-order valence-corrected chi connectivity index (χ3v) is 6.35. The van der Waals surface area contributed by atoms with Crippen molar-refractivity contribution in [3.8, 4) is 5.75 Å².